The summed E-state index contributed by atoms with van der Waals surface area (Å²) in [6.45, 7) is 13.2. The molecule has 0 aliphatic rings. The molecule has 0 heterocycles. The number of hydrogen-bond donors (Lipinski definition) is 0. The zero-order valence-electron chi connectivity index (χ0n) is 29.1. The highest BCUT2D eigenvalue weighted by atomic mass is 16.5. The van der Waals surface area contributed by atoms with Gasteiger partial charge >= 0.3 is 0 Å². The summed E-state index contributed by atoms with van der Waals surface area (Å²) in [7, 11) is 0. The van der Waals surface area contributed by atoms with E-state index in [0.29, 0.717) is 0 Å². The largest absolute Gasteiger partial charge is 0.502 e. The Labute approximate surface area is 261 Å². The van der Waals surface area contributed by atoms with Crippen molar-refractivity contribution in [1.29, 1.82) is 0 Å². The molecule has 0 aromatic rings. The SMILES string of the molecule is C=COCCCCCCCCCCCCC.CCCCCCCCCCCCOCCCCCCCCCCCC. The van der Waals surface area contributed by atoms with Crippen molar-refractivity contribution in [3.8, 4) is 0 Å². The molecule has 0 aliphatic carbocycles. The maximum atomic E-state index is 5.78. The van der Waals surface area contributed by atoms with Crippen molar-refractivity contribution in [2.45, 2.75) is 220 Å². The molecule has 0 saturated heterocycles. The number of unbranched alkanes of at least 4 members (excludes halogenated alkanes) is 28. The average molecular weight is 581 g/mol. The van der Waals surface area contributed by atoms with Crippen molar-refractivity contribution in [3.05, 3.63) is 12.8 Å². The van der Waals surface area contributed by atoms with Crippen LogP contribution in [0.5, 0.6) is 0 Å². The molecule has 0 saturated carbocycles. The summed E-state index contributed by atoms with van der Waals surface area (Å²) in [6, 6.07) is 0. The quantitative estimate of drug-likeness (QED) is 0.0548. The van der Waals surface area contributed by atoms with Gasteiger partial charge in [-0.05, 0) is 19.3 Å². The van der Waals surface area contributed by atoms with Gasteiger partial charge in [-0.3, -0.25) is 0 Å². The topological polar surface area (TPSA) is 18.5 Å². The highest BCUT2D eigenvalue weighted by Crippen LogP contribution is 2.13. The van der Waals surface area contributed by atoms with Gasteiger partial charge in [-0.2, -0.15) is 0 Å². The van der Waals surface area contributed by atoms with Crippen LogP contribution < -0.4 is 0 Å². The second-order valence-corrected chi connectivity index (χ2v) is 12.5. The second kappa shape index (κ2) is 43.9. The zero-order valence-corrected chi connectivity index (χ0v) is 29.1. The molecule has 0 unspecified atom stereocenters. The lowest BCUT2D eigenvalue weighted by Crippen LogP contribution is -1.97. The molecule has 41 heavy (non-hydrogen) atoms. The molecule has 2 nitrogen and oxygen atoms in total. The molecule has 0 aromatic heterocycles. The Balaban J connectivity index is 0. The summed E-state index contributed by atoms with van der Waals surface area (Å²) in [4.78, 5) is 0. The first kappa shape index (κ1) is 42.6. The second-order valence-electron chi connectivity index (χ2n) is 12.5. The third-order valence-corrected chi connectivity index (χ3v) is 8.27. The predicted octanol–water partition coefficient (Wildman–Crippen LogP) is 14.3. The molecule has 0 spiro atoms. The molecular formula is C39H80O2. The molecule has 0 atom stereocenters. The zero-order chi connectivity index (χ0) is 30.2. The van der Waals surface area contributed by atoms with Gasteiger partial charge in [0, 0.05) is 13.2 Å². The van der Waals surface area contributed by atoms with Gasteiger partial charge in [0.1, 0.15) is 0 Å². The van der Waals surface area contributed by atoms with Crippen LogP contribution in [0, 0.1) is 0 Å². The average Bonchev–Trinajstić information content (AvgIpc) is 2.99. The molecule has 2 heteroatoms. The molecule has 0 fully saturated rings. The van der Waals surface area contributed by atoms with E-state index < -0.39 is 0 Å². The van der Waals surface area contributed by atoms with Crippen LogP contribution >= 0.6 is 0 Å². The van der Waals surface area contributed by atoms with Crippen LogP contribution in [0.15, 0.2) is 12.8 Å². The lowest BCUT2D eigenvalue weighted by molar-refractivity contribution is 0.125. The predicted molar refractivity (Wildman–Crippen MR) is 187 cm³/mol. The van der Waals surface area contributed by atoms with Crippen LogP contribution in [-0.2, 0) is 9.47 Å². The van der Waals surface area contributed by atoms with E-state index in [1.807, 2.05) is 0 Å². The standard InChI is InChI=1S/C24H50O.C15H30O/c1-3-5-7-9-11-13-15-17-19-21-23-25-24-22-20-18-16-14-12-10-8-6-4-2;1-3-5-6-7-8-9-10-11-12-13-14-15-16-4-2/h3-24H2,1-2H3;4H,2-3,5-15H2,1H3. The van der Waals surface area contributed by atoms with E-state index in [1.54, 1.807) is 0 Å². The summed E-state index contributed by atoms with van der Waals surface area (Å²) in [5.74, 6) is 0. The normalized spacial score (nSPS) is 10.9. The van der Waals surface area contributed by atoms with Crippen molar-refractivity contribution in [1.82, 2.24) is 0 Å². The molecule has 0 rings (SSSR count). The van der Waals surface area contributed by atoms with Crippen LogP contribution in [0.1, 0.15) is 220 Å². The van der Waals surface area contributed by atoms with Crippen LogP contribution in [0.2, 0.25) is 0 Å². The third-order valence-electron chi connectivity index (χ3n) is 8.27. The van der Waals surface area contributed by atoms with Crippen LogP contribution in [0.25, 0.3) is 0 Å². The van der Waals surface area contributed by atoms with Gasteiger partial charge in [0.05, 0.1) is 12.9 Å². The lowest BCUT2D eigenvalue weighted by atomic mass is 10.1. The van der Waals surface area contributed by atoms with Gasteiger partial charge in [0.15, 0.2) is 0 Å². The van der Waals surface area contributed by atoms with E-state index >= 15 is 0 Å². The first-order chi connectivity index (χ1) is 20.3. The van der Waals surface area contributed by atoms with Gasteiger partial charge in [-0.25, -0.2) is 0 Å². The number of ether oxygens (including phenoxy) is 2. The Morgan fingerprint density at radius 2 is 0.537 bits per heavy atom. The first-order valence-corrected chi connectivity index (χ1v) is 19.1. The number of hydrogen-bond acceptors (Lipinski definition) is 2. The van der Waals surface area contributed by atoms with E-state index in [9.17, 15) is 0 Å². The highest BCUT2D eigenvalue weighted by molar-refractivity contribution is 4.52. The van der Waals surface area contributed by atoms with Crippen molar-refractivity contribution < 1.29 is 9.47 Å². The Morgan fingerprint density at radius 3 is 0.780 bits per heavy atom. The molecule has 0 radical (unpaired) electrons. The van der Waals surface area contributed by atoms with Crippen molar-refractivity contribution in [2.24, 2.45) is 0 Å². The van der Waals surface area contributed by atoms with E-state index in [-0.39, 0.29) is 0 Å². The molecule has 0 aliphatic heterocycles. The summed E-state index contributed by atoms with van der Waals surface area (Å²) >= 11 is 0. The minimum absolute atomic E-state index is 0.848. The van der Waals surface area contributed by atoms with Gasteiger partial charge in [0.2, 0.25) is 0 Å². The van der Waals surface area contributed by atoms with Crippen LogP contribution in [0.3, 0.4) is 0 Å². The summed E-state index contributed by atoms with van der Waals surface area (Å²) < 4.78 is 10.9. The Kier molecular flexibility index (Phi) is 45.7. The van der Waals surface area contributed by atoms with Gasteiger partial charge in [0.25, 0.3) is 0 Å². The molecular weight excluding hydrogens is 500 g/mol. The fraction of sp³-hybridized carbons (Fsp3) is 0.949. The maximum Gasteiger partial charge on any atom is 0.0873 e. The van der Waals surface area contributed by atoms with Crippen molar-refractivity contribution in [3.63, 3.8) is 0 Å². The van der Waals surface area contributed by atoms with E-state index in [2.05, 4.69) is 27.4 Å². The van der Waals surface area contributed by atoms with E-state index in [0.717, 1.165) is 19.8 Å². The first-order valence-electron chi connectivity index (χ1n) is 19.1. The van der Waals surface area contributed by atoms with E-state index in [4.69, 9.17) is 9.47 Å². The third kappa shape index (κ3) is 46.7. The Morgan fingerprint density at radius 1 is 0.317 bits per heavy atom. The summed E-state index contributed by atoms with van der Waals surface area (Å²) in [5.41, 5.74) is 0. The highest BCUT2D eigenvalue weighted by Gasteiger charge is 1.96. The van der Waals surface area contributed by atoms with Crippen LogP contribution in [0.4, 0.5) is 0 Å². The summed E-state index contributed by atoms with van der Waals surface area (Å²) in [6.07, 6.45) is 44.9. The van der Waals surface area contributed by atoms with Crippen LogP contribution in [-0.4, -0.2) is 19.8 Å². The van der Waals surface area contributed by atoms with Gasteiger partial charge < -0.3 is 9.47 Å². The number of rotatable bonds is 35. The van der Waals surface area contributed by atoms with E-state index in [1.165, 1.54) is 205 Å². The van der Waals surface area contributed by atoms with Gasteiger partial charge in [-0.1, -0.05) is 207 Å². The molecule has 0 aromatic carbocycles. The minimum Gasteiger partial charge on any atom is -0.502 e. The fourth-order valence-electron chi connectivity index (χ4n) is 5.42. The van der Waals surface area contributed by atoms with Gasteiger partial charge in [-0.15, -0.1) is 0 Å². The Hall–Kier alpha value is -0.500. The fourth-order valence-corrected chi connectivity index (χ4v) is 5.42. The van der Waals surface area contributed by atoms with Crippen molar-refractivity contribution in [2.75, 3.05) is 19.8 Å². The molecule has 248 valence electrons. The molecule has 0 N–H and O–H groups in total. The molecule has 0 amide bonds. The minimum atomic E-state index is 0.848. The molecule has 0 bridgehead atoms. The smallest absolute Gasteiger partial charge is 0.0873 e. The maximum absolute atomic E-state index is 5.78. The monoisotopic (exact) mass is 581 g/mol. The van der Waals surface area contributed by atoms with Crippen molar-refractivity contribution >= 4 is 0 Å². The Bertz CT molecular complexity index is 400. The summed E-state index contributed by atoms with van der Waals surface area (Å²) in [5, 5.41) is 0. The lowest BCUT2D eigenvalue weighted by Gasteiger charge is -2.05.